The van der Waals surface area contributed by atoms with Gasteiger partial charge in [-0.15, -0.1) is 0 Å². The fraction of sp³-hybridized carbons (Fsp3) is 0.364. The second-order valence-corrected chi connectivity index (χ2v) is 9.95. The molecule has 0 saturated carbocycles. The van der Waals surface area contributed by atoms with E-state index in [1.807, 2.05) is 0 Å². The minimum atomic E-state index is -4.03. The highest BCUT2D eigenvalue weighted by atomic mass is 32.2. The molecule has 8 nitrogen and oxygen atoms in total. The predicted octanol–water partition coefficient (Wildman–Crippen LogP) is 2.95. The van der Waals surface area contributed by atoms with Gasteiger partial charge in [-0.1, -0.05) is 6.07 Å². The number of aryl methyl sites for hydroxylation is 2. The molecule has 0 aromatic heterocycles. The van der Waals surface area contributed by atoms with Gasteiger partial charge in [-0.2, -0.15) is 4.31 Å². The summed E-state index contributed by atoms with van der Waals surface area (Å²) in [5.74, 6) is -1.01. The molecule has 4 rings (SSSR count). The van der Waals surface area contributed by atoms with Crippen LogP contribution in [0.2, 0.25) is 0 Å². The van der Waals surface area contributed by atoms with Crippen molar-refractivity contribution in [3.8, 4) is 5.75 Å². The van der Waals surface area contributed by atoms with E-state index >= 15 is 0 Å². The average Bonchev–Trinajstić information content (AvgIpc) is 3.22. The number of rotatable bonds is 4. The minimum Gasteiger partial charge on any atom is -0.479 e. The Morgan fingerprint density at radius 3 is 2.69 bits per heavy atom. The van der Waals surface area contributed by atoms with Gasteiger partial charge in [0, 0.05) is 18.3 Å². The zero-order valence-corrected chi connectivity index (χ0v) is 18.8. The van der Waals surface area contributed by atoms with E-state index in [1.54, 1.807) is 39.0 Å². The quantitative estimate of drug-likeness (QED) is 0.729. The standard InChI is InChI=1S/C22H24FN3O5S/c1-12-6-7-15(10-16(12)23)24-22(28)18-5-4-8-26(18)32(29,30)20-11-19-17(9-13(20)2)25-21(27)14(3)31-19/h6-7,9-11,14,18H,4-5,8H2,1-3H3,(H,24,28)(H,25,27)/t14-,18+/m1/s1. The number of nitrogens with one attached hydrogen (secondary N) is 2. The third kappa shape index (κ3) is 3.95. The minimum absolute atomic E-state index is 0.0145. The first-order valence-electron chi connectivity index (χ1n) is 10.3. The van der Waals surface area contributed by atoms with Crippen LogP contribution in [-0.4, -0.2) is 43.2 Å². The van der Waals surface area contributed by atoms with E-state index < -0.39 is 33.9 Å². The average molecular weight is 462 g/mol. The smallest absolute Gasteiger partial charge is 0.265 e. The van der Waals surface area contributed by atoms with Crippen molar-refractivity contribution in [3.63, 3.8) is 0 Å². The van der Waals surface area contributed by atoms with Gasteiger partial charge >= 0.3 is 0 Å². The maximum Gasteiger partial charge on any atom is 0.265 e. The number of carbonyl (C=O) groups excluding carboxylic acids is 2. The van der Waals surface area contributed by atoms with Gasteiger partial charge < -0.3 is 15.4 Å². The van der Waals surface area contributed by atoms with Crippen molar-refractivity contribution in [3.05, 3.63) is 47.3 Å². The van der Waals surface area contributed by atoms with Crippen molar-refractivity contribution in [2.45, 2.75) is 50.7 Å². The Labute approximate surface area is 185 Å². The summed E-state index contributed by atoms with van der Waals surface area (Å²) in [6.45, 7) is 4.99. The first-order chi connectivity index (χ1) is 15.1. The molecule has 2 amide bonds. The van der Waals surface area contributed by atoms with Gasteiger partial charge in [-0.25, -0.2) is 12.8 Å². The SMILES string of the molecule is Cc1ccc(NC(=O)[C@@H]2CCCN2S(=O)(=O)c2cc3c(cc2C)NC(=O)[C@@H](C)O3)cc1F. The van der Waals surface area contributed by atoms with Crippen molar-refractivity contribution in [1.82, 2.24) is 4.31 Å². The van der Waals surface area contributed by atoms with Crippen LogP contribution in [0.3, 0.4) is 0 Å². The number of hydrogen-bond donors (Lipinski definition) is 2. The second kappa shape index (κ2) is 8.18. The summed E-state index contributed by atoms with van der Waals surface area (Å²) in [5, 5.41) is 5.32. The lowest BCUT2D eigenvalue weighted by atomic mass is 10.1. The molecule has 1 saturated heterocycles. The molecular weight excluding hydrogens is 437 g/mol. The molecule has 0 radical (unpaired) electrons. The molecule has 32 heavy (non-hydrogen) atoms. The van der Waals surface area contributed by atoms with Crippen LogP contribution in [0.4, 0.5) is 15.8 Å². The molecule has 2 aromatic carbocycles. The second-order valence-electron chi connectivity index (χ2n) is 8.09. The summed E-state index contributed by atoms with van der Waals surface area (Å²) in [6.07, 6.45) is 0.126. The number of anilines is 2. The molecular formula is C22H24FN3O5S. The topological polar surface area (TPSA) is 105 Å². The zero-order valence-electron chi connectivity index (χ0n) is 17.9. The number of hydrogen-bond acceptors (Lipinski definition) is 5. The van der Waals surface area contributed by atoms with Crippen LogP contribution in [0, 0.1) is 19.7 Å². The van der Waals surface area contributed by atoms with Crippen molar-refractivity contribution in [1.29, 1.82) is 0 Å². The van der Waals surface area contributed by atoms with Crippen molar-refractivity contribution in [2.75, 3.05) is 17.2 Å². The van der Waals surface area contributed by atoms with Gasteiger partial charge in [0.2, 0.25) is 15.9 Å². The van der Waals surface area contributed by atoms with E-state index in [9.17, 15) is 22.4 Å². The fourth-order valence-electron chi connectivity index (χ4n) is 3.93. The molecule has 1 fully saturated rings. The predicted molar refractivity (Wildman–Crippen MR) is 117 cm³/mol. The Balaban J connectivity index is 1.62. The molecule has 0 bridgehead atoms. The third-order valence-electron chi connectivity index (χ3n) is 5.74. The Kier molecular flexibility index (Phi) is 5.68. The Hall–Kier alpha value is -2.98. The summed E-state index contributed by atoms with van der Waals surface area (Å²) < 4.78 is 47.6. The number of nitrogens with zero attached hydrogens (tertiary/aromatic N) is 1. The summed E-state index contributed by atoms with van der Waals surface area (Å²) in [5.41, 5.74) is 1.55. The van der Waals surface area contributed by atoms with Gasteiger partial charge in [-0.05, 0) is 62.9 Å². The molecule has 170 valence electrons. The zero-order chi connectivity index (χ0) is 23.2. The van der Waals surface area contributed by atoms with Crippen molar-refractivity contribution >= 4 is 33.2 Å². The third-order valence-corrected chi connectivity index (χ3v) is 7.79. The molecule has 2 aliphatic rings. The molecule has 2 atom stereocenters. The number of carbonyl (C=O) groups is 2. The molecule has 2 N–H and O–H groups in total. The number of ether oxygens (including phenoxy) is 1. The number of benzene rings is 2. The monoisotopic (exact) mass is 461 g/mol. The van der Waals surface area contributed by atoms with Crippen LogP contribution < -0.4 is 15.4 Å². The van der Waals surface area contributed by atoms with E-state index in [0.717, 1.165) is 0 Å². The van der Waals surface area contributed by atoms with Crippen LogP contribution in [-0.2, 0) is 19.6 Å². The highest BCUT2D eigenvalue weighted by Gasteiger charge is 2.41. The maximum atomic E-state index is 13.8. The highest BCUT2D eigenvalue weighted by molar-refractivity contribution is 7.89. The van der Waals surface area contributed by atoms with Crippen molar-refractivity contribution < 1.29 is 27.1 Å². The van der Waals surface area contributed by atoms with Gasteiger partial charge in [0.15, 0.2) is 6.10 Å². The van der Waals surface area contributed by atoms with Gasteiger partial charge in [0.05, 0.1) is 10.6 Å². The van der Waals surface area contributed by atoms with Crippen LogP contribution in [0.5, 0.6) is 5.75 Å². The van der Waals surface area contributed by atoms with Gasteiger partial charge in [0.25, 0.3) is 5.91 Å². The van der Waals surface area contributed by atoms with E-state index in [-0.39, 0.29) is 28.8 Å². The fourth-order valence-corrected chi connectivity index (χ4v) is 5.81. The molecule has 2 aromatic rings. The highest BCUT2D eigenvalue weighted by Crippen LogP contribution is 2.37. The van der Waals surface area contributed by atoms with Crippen LogP contribution in [0.25, 0.3) is 0 Å². The molecule has 10 heteroatoms. The first-order valence-corrected chi connectivity index (χ1v) is 11.7. The molecule has 2 heterocycles. The maximum absolute atomic E-state index is 13.8. The van der Waals surface area contributed by atoms with Crippen molar-refractivity contribution in [2.24, 2.45) is 0 Å². The van der Waals surface area contributed by atoms with Gasteiger partial charge in [0.1, 0.15) is 17.6 Å². The van der Waals surface area contributed by atoms with E-state index in [1.165, 1.54) is 16.4 Å². The van der Waals surface area contributed by atoms with Gasteiger partial charge in [-0.3, -0.25) is 9.59 Å². The van der Waals surface area contributed by atoms with Crippen LogP contribution >= 0.6 is 0 Å². The lowest BCUT2D eigenvalue weighted by molar-refractivity contribution is -0.122. The van der Waals surface area contributed by atoms with E-state index in [0.29, 0.717) is 29.7 Å². The Morgan fingerprint density at radius 1 is 1.22 bits per heavy atom. The van der Waals surface area contributed by atoms with E-state index in [2.05, 4.69) is 10.6 Å². The van der Waals surface area contributed by atoms with Crippen LogP contribution in [0.15, 0.2) is 35.2 Å². The number of halogens is 1. The number of sulfonamides is 1. The number of fused-ring (bicyclic) bond motifs is 1. The molecule has 2 aliphatic heterocycles. The Morgan fingerprint density at radius 2 is 1.97 bits per heavy atom. The lowest BCUT2D eigenvalue weighted by Gasteiger charge is -2.27. The first kappa shape index (κ1) is 22.2. The Bertz CT molecular complexity index is 1210. The number of amides is 2. The lowest BCUT2D eigenvalue weighted by Crippen LogP contribution is -2.43. The van der Waals surface area contributed by atoms with Crippen LogP contribution in [0.1, 0.15) is 30.9 Å². The normalized spacial score (nSPS) is 20.9. The summed E-state index contributed by atoms with van der Waals surface area (Å²) in [7, 11) is -4.03. The van der Waals surface area contributed by atoms with E-state index in [4.69, 9.17) is 4.74 Å². The summed E-state index contributed by atoms with van der Waals surface area (Å²) >= 11 is 0. The molecule has 0 aliphatic carbocycles. The summed E-state index contributed by atoms with van der Waals surface area (Å²) in [4.78, 5) is 24.7. The molecule has 0 unspecified atom stereocenters. The molecule has 0 spiro atoms. The summed E-state index contributed by atoms with van der Waals surface area (Å²) in [6, 6.07) is 6.35. The largest absolute Gasteiger partial charge is 0.479 e.